The summed E-state index contributed by atoms with van der Waals surface area (Å²) >= 11 is 0. The van der Waals surface area contributed by atoms with Crippen molar-refractivity contribution in [2.75, 3.05) is 0 Å². The average Bonchev–Trinajstić information content (AvgIpc) is 2.65. The maximum atomic E-state index is 10.3. The van der Waals surface area contributed by atoms with E-state index in [1.165, 1.54) is 48.6 Å². The molecule has 0 N–H and O–H groups in total. The summed E-state index contributed by atoms with van der Waals surface area (Å²) in [5.41, 5.74) is 0.739. The summed E-state index contributed by atoms with van der Waals surface area (Å²) in [6, 6.07) is 11.3. The van der Waals surface area contributed by atoms with Crippen LogP contribution in [0.5, 0.6) is 0 Å². The van der Waals surface area contributed by atoms with Gasteiger partial charge >= 0.3 is 19.5 Å². The first-order valence-corrected chi connectivity index (χ1v) is 7.46. The quantitative estimate of drug-likeness (QED) is 0.269. The molecule has 11 heteroatoms. The Morgan fingerprint density at radius 2 is 1.07 bits per heavy atom. The molecule has 0 unspecified atom stereocenters. The number of nitrogens with zero attached hydrogens (tertiary/aromatic N) is 2. The number of carbonyl (C=O) groups is 2. The number of carbonyl (C=O) groups excluding carboxylic acids is 2. The third-order valence-electron chi connectivity index (χ3n) is 2.99. The van der Waals surface area contributed by atoms with Crippen LogP contribution in [0.3, 0.4) is 0 Å². The molecule has 10 nitrogen and oxygen atoms in total. The van der Waals surface area contributed by atoms with Gasteiger partial charge in [-0.05, 0) is 23.3 Å². The van der Waals surface area contributed by atoms with Crippen LogP contribution in [0.25, 0.3) is 12.2 Å². The molecule has 0 saturated carbocycles. The van der Waals surface area contributed by atoms with Crippen molar-refractivity contribution in [3.05, 3.63) is 92.0 Å². The minimum Gasteiger partial charge on any atom is -0.545 e. The van der Waals surface area contributed by atoms with Gasteiger partial charge in [-0.2, -0.15) is 0 Å². The summed E-state index contributed by atoms with van der Waals surface area (Å²) in [7, 11) is 0. The molecule has 0 aliphatic heterocycles. The number of rotatable bonds is 6. The van der Waals surface area contributed by atoms with Gasteiger partial charge in [-0.3, -0.25) is 20.2 Å². The molecule has 2 rings (SSSR count). The number of non-ortho nitro benzene ring substituents is 2. The Morgan fingerprint density at radius 1 is 0.724 bits per heavy atom. The Balaban J connectivity index is 0.000000523. The molecule has 0 saturated heterocycles. The van der Waals surface area contributed by atoms with Crippen molar-refractivity contribution in [2.24, 2.45) is 0 Å². The number of carboxylic acids is 2. The Hall–Kier alpha value is -3.72. The molecule has 0 amide bonds. The van der Waals surface area contributed by atoms with Crippen molar-refractivity contribution in [1.82, 2.24) is 0 Å². The second kappa shape index (κ2) is 12.6. The van der Waals surface area contributed by atoms with Gasteiger partial charge in [0.2, 0.25) is 0 Å². The van der Waals surface area contributed by atoms with E-state index in [4.69, 9.17) is 0 Å². The van der Waals surface area contributed by atoms with E-state index in [2.05, 4.69) is 0 Å². The van der Waals surface area contributed by atoms with Gasteiger partial charge in [-0.25, -0.2) is 0 Å². The fraction of sp³-hybridized carbons (Fsp3) is 0. The van der Waals surface area contributed by atoms with Crippen molar-refractivity contribution >= 4 is 35.5 Å². The van der Waals surface area contributed by atoms with Crippen LogP contribution in [0.4, 0.5) is 11.4 Å². The normalized spacial score (nSPS) is 9.93. The zero-order valence-corrected chi connectivity index (χ0v) is 17.8. The Kier molecular flexibility index (Phi) is 11.0. The first-order chi connectivity index (χ1) is 13.2. The molecular weight excluding hydrogens is 438 g/mol. The molecule has 0 aromatic heterocycles. The zero-order chi connectivity index (χ0) is 21.1. The topological polar surface area (TPSA) is 167 Å². The number of nitro benzene ring substituents is 2. The SMILES string of the molecule is O=C([O-])C=Cc1cccc([N+](=O)[O-])c1.O=C([O-])C=Cc1cccc([N+](=O)[O-])c1.[Zn+2]. The Morgan fingerprint density at radius 3 is 1.34 bits per heavy atom. The second-order valence-electron chi connectivity index (χ2n) is 5.01. The Bertz CT molecular complexity index is 879. The van der Waals surface area contributed by atoms with Crippen molar-refractivity contribution in [1.29, 1.82) is 0 Å². The van der Waals surface area contributed by atoms with E-state index in [0.29, 0.717) is 11.1 Å². The number of aliphatic carboxylic acids is 2. The first kappa shape index (κ1) is 25.3. The predicted octanol–water partition coefficient (Wildman–Crippen LogP) is 0.713. The molecule has 0 aliphatic carbocycles. The van der Waals surface area contributed by atoms with Gasteiger partial charge in [-0.15, -0.1) is 0 Å². The van der Waals surface area contributed by atoms with Crippen molar-refractivity contribution in [3.8, 4) is 0 Å². The Labute approximate surface area is 176 Å². The molecular formula is C18H12N2O8Zn. The van der Waals surface area contributed by atoms with Crippen LogP contribution in [-0.2, 0) is 29.1 Å². The van der Waals surface area contributed by atoms with Gasteiger partial charge in [0.25, 0.3) is 11.4 Å². The third kappa shape index (κ3) is 10.3. The van der Waals surface area contributed by atoms with Gasteiger partial charge in [0.05, 0.1) is 21.8 Å². The van der Waals surface area contributed by atoms with Gasteiger partial charge < -0.3 is 19.8 Å². The number of hydrogen-bond donors (Lipinski definition) is 0. The van der Waals surface area contributed by atoms with E-state index in [9.17, 15) is 40.0 Å². The summed E-state index contributed by atoms with van der Waals surface area (Å²) in [5, 5.41) is 40.8. The summed E-state index contributed by atoms with van der Waals surface area (Å²) < 4.78 is 0. The molecule has 144 valence electrons. The number of hydrogen-bond acceptors (Lipinski definition) is 8. The molecule has 0 bridgehead atoms. The average molecular weight is 450 g/mol. The summed E-state index contributed by atoms with van der Waals surface area (Å²) in [5.74, 6) is -2.67. The van der Waals surface area contributed by atoms with E-state index < -0.39 is 21.8 Å². The molecule has 0 spiro atoms. The molecule has 2 aromatic carbocycles. The van der Waals surface area contributed by atoms with Crippen LogP contribution in [0.2, 0.25) is 0 Å². The van der Waals surface area contributed by atoms with Crippen LogP contribution in [0.15, 0.2) is 60.7 Å². The fourth-order valence-electron chi connectivity index (χ4n) is 1.81. The fourth-order valence-corrected chi connectivity index (χ4v) is 1.81. The third-order valence-corrected chi connectivity index (χ3v) is 2.99. The zero-order valence-electron chi connectivity index (χ0n) is 14.8. The van der Waals surface area contributed by atoms with Crippen molar-refractivity contribution < 1.29 is 49.1 Å². The second-order valence-corrected chi connectivity index (χ2v) is 5.01. The molecule has 0 fully saturated rings. The summed E-state index contributed by atoms with van der Waals surface area (Å²) in [6.07, 6.45) is 4.11. The van der Waals surface area contributed by atoms with Gasteiger partial charge in [0.15, 0.2) is 0 Å². The van der Waals surface area contributed by atoms with Crippen LogP contribution >= 0.6 is 0 Å². The standard InChI is InChI=1S/2C9H7NO4.Zn/c2*11-9(12)5-4-7-2-1-3-8(6-7)10(13)14;/h2*1-6H,(H,11,12);/q;;+2/p-2. The molecule has 0 aliphatic rings. The first-order valence-electron chi connectivity index (χ1n) is 7.46. The minimum atomic E-state index is -1.34. The largest absolute Gasteiger partial charge is 2.00 e. The van der Waals surface area contributed by atoms with Gasteiger partial charge in [-0.1, -0.05) is 36.4 Å². The van der Waals surface area contributed by atoms with Crippen LogP contribution in [-0.4, -0.2) is 21.8 Å². The van der Waals surface area contributed by atoms with Crippen molar-refractivity contribution in [2.45, 2.75) is 0 Å². The maximum Gasteiger partial charge on any atom is 2.00 e. The van der Waals surface area contributed by atoms with Crippen molar-refractivity contribution in [3.63, 3.8) is 0 Å². The molecule has 2 aromatic rings. The van der Waals surface area contributed by atoms with Gasteiger partial charge in [0.1, 0.15) is 0 Å². The van der Waals surface area contributed by atoms with E-state index >= 15 is 0 Å². The van der Waals surface area contributed by atoms with E-state index in [1.807, 2.05) is 0 Å². The minimum absolute atomic E-state index is 0. The van der Waals surface area contributed by atoms with Crippen LogP contribution < -0.4 is 10.2 Å². The molecule has 0 atom stereocenters. The van der Waals surface area contributed by atoms with E-state index in [-0.39, 0.29) is 30.9 Å². The van der Waals surface area contributed by atoms with Crippen LogP contribution in [0, 0.1) is 20.2 Å². The van der Waals surface area contributed by atoms with Gasteiger partial charge in [0, 0.05) is 24.3 Å². The van der Waals surface area contributed by atoms with E-state index in [1.54, 1.807) is 12.1 Å². The predicted molar refractivity (Wildman–Crippen MR) is 94.3 cm³/mol. The maximum absolute atomic E-state index is 10.3. The molecule has 0 radical (unpaired) electrons. The number of nitro groups is 2. The summed E-state index contributed by atoms with van der Waals surface area (Å²) in [4.78, 5) is 39.7. The van der Waals surface area contributed by atoms with Crippen LogP contribution in [0.1, 0.15) is 11.1 Å². The van der Waals surface area contributed by atoms with E-state index in [0.717, 1.165) is 12.2 Å². The number of carboxylic acid groups (broad SMARTS) is 2. The molecule has 29 heavy (non-hydrogen) atoms. The summed E-state index contributed by atoms with van der Waals surface area (Å²) in [6.45, 7) is 0. The molecule has 0 heterocycles. The smallest absolute Gasteiger partial charge is 0.545 e. The number of benzene rings is 2. The monoisotopic (exact) mass is 448 g/mol.